The summed E-state index contributed by atoms with van der Waals surface area (Å²) < 4.78 is 12.7. The van der Waals surface area contributed by atoms with E-state index in [1.807, 2.05) is 67.7 Å². The molecule has 0 spiro atoms. The monoisotopic (exact) mass is 548 g/mol. The van der Waals surface area contributed by atoms with Gasteiger partial charge in [0, 0.05) is 11.1 Å². The first-order chi connectivity index (χ1) is 18.9. The summed E-state index contributed by atoms with van der Waals surface area (Å²) in [7, 11) is -2.62. The third-order valence-corrected chi connectivity index (χ3v) is 12.5. The molecule has 4 nitrogen and oxygen atoms in total. The Morgan fingerprint density at radius 1 is 0.700 bits per heavy atom. The van der Waals surface area contributed by atoms with Gasteiger partial charge in [-0.05, 0) is 63.8 Å². The van der Waals surface area contributed by atoms with Crippen LogP contribution in [0.3, 0.4) is 0 Å². The van der Waals surface area contributed by atoms with Crippen LogP contribution in [-0.4, -0.2) is 19.4 Å². The van der Waals surface area contributed by atoms with Gasteiger partial charge in [-0.25, -0.2) is 4.79 Å². The number of benzene rings is 5. The molecule has 5 aromatic carbocycles. The molecular formula is C35H36O4Si. The number of carbonyl (C=O) groups excluding carboxylic acids is 1. The molecule has 0 fully saturated rings. The SMILES string of the molecule is Cc1ccc2ccccc2c1-c1c(OC(=O)[C@@](O)(O[Si](C)(C)C(C)(C)C)c2ccccc2)ccc2ccccc12. The first-order valence-corrected chi connectivity index (χ1v) is 16.5. The number of aliphatic hydroxyl groups is 1. The molecule has 1 N–H and O–H groups in total. The van der Waals surface area contributed by atoms with Crippen molar-refractivity contribution in [3.05, 3.63) is 114 Å². The fourth-order valence-electron chi connectivity index (χ4n) is 4.88. The van der Waals surface area contributed by atoms with Crippen LogP contribution in [0.15, 0.2) is 103 Å². The van der Waals surface area contributed by atoms with E-state index in [1.165, 1.54) is 0 Å². The Morgan fingerprint density at radius 3 is 1.82 bits per heavy atom. The number of hydrogen-bond donors (Lipinski definition) is 1. The molecule has 0 amide bonds. The first kappa shape index (κ1) is 27.8. The van der Waals surface area contributed by atoms with E-state index >= 15 is 0 Å². The van der Waals surface area contributed by atoms with Gasteiger partial charge < -0.3 is 14.3 Å². The molecule has 0 radical (unpaired) electrons. The molecule has 0 saturated carbocycles. The Bertz CT molecular complexity index is 1700. The first-order valence-electron chi connectivity index (χ1n) is 13.6. The second-order valence-corrected chi connectivity index (χ2v) is 16.6. The average Bonchev–Trinajstić information content (AvgIpc) is 2.93. The fourth-order valence-corrected chi connectivity index (χ4v) is 6.13. The number of fused-ring (bicyclic) bond motifs is 2. The molecule has 0 unspecified atom stereocenters. The zero-order chi connectivity index (χ0) is 28.7. The summed E-state index contributed by atoms with van der Waals surface area (Å²) in [6, 6.07) is 33.0. The molecule has 5 heteroatoms. The lowest BCUT2D eigenvalue weighted by atomic mass is 9.90. The lowest BCUT2D eigenvalue weighted by Gasteiger charge is -2.41. The van der Waals surface area contributed by atoms with Gasteiger partial charge in [-0.1, -0.05) is 118 Å². The van der Waals surface area contributed by atoms with E-state index in [4.69, 9.17) is 9.16 Å². The molecule has 40 heavy (non-hydrogen) atoms. The lowest BCUT2D eigenvalue weighted by Crippen LogP contribution is -2.53. The Morgan fingerprint density at radius 2 is 1.23 bits per heavy atom. The van der Waals surface area contributed by atoms with E-state index in [0.29, 0.717) is 11.3 Å². The van der Waals surface area contributed by atoms with Crippen molar-refractivity contribution in [1.29, 1.82) is 0 Å². The summed E-state index contributed by atoms with van der Waals surface area (Å²) in [5.74, 6) is -2.77. The van der Waals surface area contributed by atoms with Crippen molar-refractivity contribution in [2.75, 3.05) is 0 Å². The van der Waals surface area contributed by atoms with Crippen molar-refractivity contribution in [3.8, 4) is 16.9 Å². The van der Waals surface area contributed by atoms with Crippen molar-refractivity contribution >= 4 is 35.8 Å². The smallest absolute Gasteiger partial charge is 0.376 e. The van der Waals surface area contributed by atoms with Crippen LogP contribution in [0.1, 0.15) is 31.9 Å². The van der Waals surface area contributed by atoms with E-state index in [9.17, 15) is 9.90 Å². The van der Waals surface area contributed by atoms with Gasteiger partial charge >= 0.3 is 5.97 Å². The minimum atomic E-state index is -2.62. The highest BCUT2D eigenvalue weighted by Crippen LogP contribution is 2.45. The van der Waals surface area contributed by atoms with Crippen molar-refractivity contribution in [1.82, 2.24) is 0 Å². The Balaban J connectivity index is 1.70. The molecule has 204 valence electrons. The summed E-state index contributed by atoms with van der Waals surface area (Å²) in [4.78, 5) is 14.1. The lowest BCUT2D eigenvalue weighted by molar-refractivity contribution is -0.198. The largest absolute Gasteiger partial charge is 0.422 e. The van der Waals surface area contributed by atoms with Gasteiger partial charge in [-0.15, -0.1) is 0 Å². The van der Waals surface area contributed by atoms with Crippen molar-refractivity contribution in [3.63, 3.8) is 0 Å². The number of aryl methyl sites for hydroxylation is 1. The molecule has 0 aliphatic rings. The van der Waals surface area contributed by atoms with Crippen LogP contribution < -0.4 is 4.74 Å². The maximum absolute atomic E-state index is 14.1. The van der Waals surface area contributed by atoms with Crippen molar-refractivity contribution in [2.45, 2.75) is 51.6 Å². The van der Waals surface area contributed by atoms with Gasteiger partial charge in [-0.3, -0.25) is 0 Å². The third kappa shape index (κ3) is 4.97. The number of rotatable bonds is 6. The molecule has 5 rings (SSSR count). The van der Waals surface area contributed by atoms with Crippen LogP contribution >= 0.6 is 0 Å². The molecular weight excluding hydrogens is 512 g/mol. The second kappa shape index (κ2) is 10.3. The van der Waals surface area contributed by atoms with Crippen LogP contribution in [0.5, 0.6) is 5.75 Å². The van der Waals surface area contributed by atoms with Crippen LogP contribution in [0.25, 0.3) is 32.7 Å². The normalized spacial score (nSPS) is 13.8. The summed E-state index contributed by atoms with van der Waals surface area (Å²) in [6.45, 7) is 12.3. The average molecular weight is 549 g/mol. The highest BCUT2D eigenvalue weighted by atomic mass is 28.4. The summed E-state index contributed by atoms with van der Waals surface area (Å²) in [5, 5.41) is 15.9. The van der Waals surface area contributed by atoms with Gasteiger partial charge in [0.05, 0.1) is 0 Å². The minimum absolute atomic E-state index is 0.246. The third-order valence-electron chi connectivity index (χ3n) is 8.13. The van der Waals surface area contributed by atoms with Gasteiger partial charge in [0.25, 0.3) is 5.79 Å². The standard InChI is InChI=1S/C35H36O4Si/c1-24-20-21-25-14-10-12-18-28(25)31(24)32-29-19-13-11-15-26(29)22-23-30(32)38-33(36)35(37,27-16-8-7-9-17-27)39-40(5,6)34(2,3)4/h7-23,37H,1-6H3/t35-/m0/s1. The Kier molecular flexibility index (Phi) is 7.17. The molecule has 0 aliphatic carbocycles. The number of ether oxygens (including phenoxy) is 1. The topological polar surface area (TPSA) is 55.8 Å². The molecule has 0 bridgehead atoms. The molecule has 0 heterocycles. The highest BCUT2D eigenvalue weighted by molar-refractivity contribution is 6.74. The quantitative estimate of drug-likeness (QED) is 0.0997. The van der Waals surface area contributed by atoms with Gasteiger partial charge in [0.2, 0.25) is 0 Å². The number of hydrogen-bond acceptors (Lipinski definition) is 4. The Hall–Kier alpha value is -3.77. The van der Waals surface area contributed by atoms with E-state index in [1.54, 1.807) is 24.3 Å². The zero-order valence-electron chi connectivity index (χ0n) is 24.0. The van der Waals surface area contributed by atoms with E-state index in [2.05, 4.69) is 52.0 Å². The predicted octanol–water partition coefficient (Wildman–Crippen LogP) is 8.74. The van der Waals surface area contributed by atoms with Gasteiger partial charge in [0.15, 0.2) is 8.32 Å². The van der Waals surface area contributed by atoms with E-state index in [-0.39, 0.29) is 5.04 Å². The predicted molar refractivity (Wildman–Crippen MR) is 166 cm³/mol. The number of esters is 1. The van der Waals surface area contributed by atoms with Gasteiger partial charge in [-0.2, -0.15) is 0 Å². The summed E-state index contributed by atoms with van der Waals surface area (Å²) in [6.07, 6.45) is 0. The number of carbonyl (C=O) groups is 1. The zero-order valence-corrected chi connectivity index (χ0v) is 25.0. The van der Waals surface area contributed by atoms with Crippen LogP contribution in [0, 0.1) is 6.92 Å². The molecule has 0 aliphatic heterocycles. The van der Waals surface area contributed by atoms with Gasteiger partial charge in [0.1, 0.15) is 5.75 Å². The summed E-state index contributed by atoms with van der Waals surface area (Å²) in [5.41, 5.74) is 3.20. The minimum Gasteiger partial charge on any atom is -0.422 e. The van der Waals surface area contributed by atoms with Crippen LogP contribution in [0.4, 0.5) is 0 Å². The molecule has 0 saturated heterocycles. The maximum atomic E-state index is 14.1. The second-order valence-electron chi connectivity index (χ2n) is 11.9. The van der Waals surface area contributed by atoms with E-state index in [0.717, 1.165) is 38.2 Å². The fraction of sp³-hybridized carbons (Fsp3) is 0.229. The molecule has 1 atom stereocenters. The van der Waals surface area contributed by atoms with Crippen LogP contribution in [-0.2, 0) is 15.0 Å². The van der Waals surface area contributed by atoms with Crippen molar-refractivity contribution in [2.24, 2.45) is 0 Å². The Labute approximate surface area is 237 Å². The molecule has 0 aromatic heterocycles. The summed E-state index contributed by atoms with van der Waals surface area (Å²) >= 11 is 0. The highest BCUT2D eigenvalue weighted by Gasteiger charge is 2.50. The maximum Gasteiger partial charge on any atom is 0.376 e. The molecule has 5 aromatic rings. The van der Waals surface area contributed by atoms with Crippen LogP contribution in [0.2, 0.25) is 18.1 Å². The van der Waals surface area contributed by atoms with E-state index < -0.39 is 20.1 Å². The van der Waals surface area contributed by atoms with Crippen molar-refractivity contribution < 1.29 is 19.1 Å².